The van der Waals surface area contributed by atoms with E-state index in [0.717, 1.165) is 6.54 Å². The highest BCUT2D eigenvalue weighted by atomic mass is 16.2. The molecular formula is C11H17N3O2. The normalized spacial score (nSPS) is 15.1. The van der Waals surface area contributed by atoms with Crippen molar-refractivity contribution >= 4 is 5.91 Å². The van der Waals surface area contributed by atoms with Crippen LogP contribution >= 0.6 is 0 Å². The SMILES string of the molecule is CCn1ccn(CC(=O)NCC2CC2)c1=O. The van der Waals surface area contributed by atoms with Crippen molar-refractivity contribution in [3.63, 3.8) is 0 Å². The van der Waals surface area contributed by atoms with Crippen molar-refractivity contribution in [3.8, 4) is 0 Å². The number of aryl methyl sites for hydroxylation is 1. The molecule has 1 saturated carbocycles. The van der Waals surface area contributed by atoms with Crippen molar-refractivity contribution in [2.75, 3.05) is 6.54 Å². The Labute approximate surface area is 94.1 Å². The number of hydrogen-bond acceptors (Lipinski definition) is 2. The molecule has 0 saturated heterocycles. The molecular weight excluding hydrogens is 206 g/mol. The van der Waals surface area contributed by atoms with Gasteiger partial charge in [0.2, 0.25) is 5.91 Å². The van der Waals surface area contributed by atoms with Crippen molar-refractivity contribution < 1.29 is 4.79 Å². The first kappa shape index (κ1) is 11.0. The molecule has 1 aliphatic carbocycles. The average Bonchev–Trinajstić information content (AvgIpc) is 3.03. The third-order valence-corrected chi connectivity index (χ3v) is 2.86. The summed E-state index contributed by atoms with van der Waals surface area (Å²) in [7, 11) is 0. The van der Waals surface area contributed by atoms with Crippen molar-refractivity contribution in [1.82, 2.24) is 14.5 Å². The van der Waals surface area contributed by atoms with Crippen LogP contribution in [0.2, 0.25) is 0 Å². The van der Waals surface area contributed by atoms with Gasteiger partial charge in [0.1, 0.15) is 6.54 Å². The van der Waals surface area contributed by atoms with Gasteiger partial charge in [-0.05, 0) is 25.7 Å². The number of nitrogens with zero attached hydrogens (tertiary/aromatic N) is 2. The number of hydrogen-bond donors (Lipinski definition) is 1. The number of nitrogens with one attached hydrogen (secondary N) is 1. The second-order valence-electron chi connectivity index (χ2n) is 4.24. The Morgan fingerprint density at radius 2 is 2.12 bits per heavy atom. The topological polar surface area (TPSA) is 56.0 Å². The number of imidazole rings is 1. The van der Waals surface area contributed by atoms with Crippen LogP contribution in [-0.2, 0) is 17.9 Å². The Kier molecular flexibility index (Phi) is 3.12. The molecule has 1 amide bonds. The van der Waals surface area contributed by atoms with Gasteiger partial charge in [0.25, 0.3) is 0 Å². The maximum Gasteiger partial charge on any atom is 0.328 e. The maximum absolute atomic E-state index is 11.6. The minimum Gasteiger partial charge on any atom is -0.354 e. The summed E-state index contributed by atoms with van der Waals surface area (Å²) < 4.78 is 3.01. The number of carbonyl (C=O) groups is 1. The molecule has 16 heavy (non-hydrogen) atoms. The average molecular weight is 223 g/mol. The van der Waals surface area contributed by atoms with E-state index in [0.29, 0.717) is 12.5 Å². The third kappa shape index (κ3) is 2.53. The fraction of sp³-hybridized carbons (Fsp3) is 0.636. The number of carbonyl (C=O) groups excluding carboxylic acids is 1. The lowest BCUT2D eigenvalue weighted by atomic mass is 10.4. The zero-order valence-electron chi connectivity index (χ0n) is 9.48. The van der Waals surface area contributed by atoms with Crippen LogP contribution in [0, 0.1) is 5.92 Å². The fourth-order valence-corrected chi connectivity index (χ4v) is 1.61. The minimum absolute atomic E-state index is 0.0807. The molecule has 1 aromatic heterocycles. The van der Waals surface area contributed by atoms with E-state index < -0.39 is 0 Å². The van der Waals surface area contributed by atoms with Gasteiger partial charge in [-0.1, -0.05) is 0 Å². The molecule has 0 aromatic carbocycles. The quantitative estimate of drug-likeness (QED) is 0.775. The first-order valence-corrected chi connectivity index (χ1v) is 5.73. The summed E-state index contributed by atoms with van der Waals surface area (Å²) in [6, 6.07) is 0. The highest BCUT2D eigenvalue weighted by molar-refractivity contribution is 5.75. The lowest BCUT2D eigenvalue weighted by Gasteiger charge is -2.03. The molecule has 1 fully saturated rings. The van der Waals surface area contributed by atoms with E-state index in [1.165, 1.54) is 17.4 Å². The van der Waals surface area contributed by atoms with Gasteiger partial charge in [-0.3, -0.25) is 13.9 Å². The van der Waals surface area contributed by atoms with Crippen LogP contribution in [-0.4, -0.2) is 21.6 Å². The van der Waals surface area contributed by atoms with Gasteiger partial charge in [0, 0.05) is 25.5 Å². The Balaban J connectivity index is 1.89. The lowest BCUT2D eigenvalue weighted by Crippen LogP contribution is -2.33. The second kappa shape index (κ2) is 4.55. The summed E-state index contributed by atoms with van der Waals surface area (Å²) in [6.45, 7) is 3.41. The Hall–Kier alpha value is -1.52. The van der Waals surface area contributed by atoms with Gasteiger partial charge >= 0.3 is 5.69 Å². The van der Waals surface area contributed by atoms with Gasteiger partial charge in [-0.25, -0.2) is 4.79 Å². The predicted molar refractivity (Wildman–Crippen MR) is 60.1 cm³/mol. The molecule has 0 unspecified atom stereocenters. The molecule has 0 spiro atoms. The van der Waals surface area contributed by atoms with E-state index in [9.17, 15) is 9.59 Å². The number of rotatable bonds is 5. The number of aromatic nitrogens is 2. The third-order valence-electron chi connectivity index (χ3n) is 2.86. The largest absolute Gasteiger partial charge is 0.354 e. The zero-order valence-corrected chi connectivity index (χ0v) is 9.48. The van der Waals surface area contributed by atoms with Gasteiger partial charge < -0.3 is 5.32 Å². The molecule has 1 N–H and O–H groups in total. The van der Waals surface area contributed by atoms with Crippen molar-refractivity contribution in [1.29, 1.82) is 0 Å². The molecule has 1 aromatic rings. The molecule has 0 bridgehead atoms. The molecule has 1 aliphatic rings. The Morgan fingerprint density at radius 1 is 1.44 bits per heavy atom. The lowest BCUT2D eigenvalue weighted by molar-refractivity contribution is -0.121. The van der Waals surface area contributed by atoms with Crippen molar-refractivity contribution in [2.24, 2.45) is 5.92 Å². The van der Waals surface area contributed by atoms with Crippen LogP contribution in [0.25, 0.3) is 0 Å². The Bertz CT molecular complexity index is 429. The van der Waals surface area contributed by atoms with E-state index in [1.807, 2.05) is 6.92 Å². The van der Waals surface area contributed by atoms with Gasteiger partial charge in [0.05, 0.1) is 0 Å². The van der Waals surface area contributed by atoms with E-state index in [1.54, 1.807) is 17.0 Å². The molecule has 0 atom stereocenters. The van der Waals surface area contributed by atoms with Crippen LogP contribution in [0.15, 0.2) is 17.2 Å². The molecule has 88 valence electrons. The van der Waals surface area contributed by atoms with Gasteiger partial charge in [-0.15, -0.1) is 0 Å². The van der Waals surface area contributed by atoms with E-state index in [-0.39, 0.29) is 18.1 Å². The summed E-state index contributed by atoms with van der Waals surface area (Å²) in [4.78, 5) is 23.1. The summed E-state index contributed by atoms with van der Waals surface area (Å²) in [5, 5.41) is 2.84. The highest BCUT2D eigenvalue weighted by Gasteiger charge is 2.21. The Morgan fingerprint density at radius 3 is 2.69 bits per heavy atom. The molecule has 5 nitrogen and oxygen atoms in total. The van der Waals surface area contributed by atoms with Crippen LogP contribution in [0.4, 0.5) is 0 Å². The van der Waals surface area contributed by atoms with Gasteiger partial charge in [0.15, 0.2) is 0 Å². The van der Waals surface area contributed by atoms with Crippen molar-refractivity contribution in [2.45, 2.75) is 32.9 Å². The highest BCUT2D eigenvalue weighted by Crippen LogP contribution is 2.27. The minimum atomic E-state index is -0.121. The van der Waals surface area contributed by atoms with E-state index in [2.05, 4.69) is 5.32 Å². The molecule has 5 heteroatoms. The summed E-state index contributed by atoms with van der Waals surface area (Å²) >= 11 is 0. The van der Waals surface area contributed by atoms with Crippen LogP contribution < -0.4 is 11.0 Å². The fourth-order valence-electron chi connectivity index (χ4n) is 1.61. The smallest absolute Gasteiger partial charge is 0.328 e. The first-order chi connectivity index (χ1) is 7.70. The monoisotopic (exact) mass is 223 g/mol. The standard InChI is InChI=1S/C11H17N3O2/c1-2-13-5-6-14(11(13)16)8-10(15)12-7-9-3-4-9/h5-6,9H,2-4,7-8H2,1H3,(H,12,15). The molecule has 2 rings (SSSR count). The number of amides is 1. The molecule has 0 radical (unpaired) electrons. The predicted octanol–water partition coefficient (Wildman–Crippen LogP) is 0.196. The molecule has 1 heterocycles. The zero-order chi connectivity index (χ0) is 11.5. The first-order valence-electron chi connectivity index (χ1n) is 5.73. The van der Waals surface area contributed by atoms with Gasteiger partial charge in [-0.2, -0.15) is 0 Å². The van der Waals surface area contributed by atoms with Crippen LogP contribution in [0.5, 0.6) is 0 Å². The van der Waals surface area contributed by atoms with Crippen LogP contribution in [0.3, 0.4) is 0 Å². The van der Waals surface area contributed by atoms with E-state index in [4.69, 9.17) is 0 Å². The van der Waals surface area contributed by atoms with Crippen molar-refractivity contribution in [3.05, 3.63) is 22.9 Å². The van der Waals surface area contributed by atoms with E-state index >= 15 is 0 Å². The summed E-state index contributed by atoms with van der Waals surface area (Å²) in [6.07, 6.45) is 5.79. The summed E-state index contributed by atoms with van der Waals surface area (Å²) in [5.74, 6) is 0.587. The maximum atomic E-state index is 11.6. The summed E-state index contributed by atoms with van der Waals surface area (Å²) in [5.41, 5.74) is -0.121. The second-order valence-corrected chi connectivity index (χ2v) is 4.24. The molecule has 0 aliphatic heterocycles. The van der Waals surface area contributed by atoms with Crippen LogP contribution in [0.1, 0.15) is 19.8 Å².